The highest BCUT2D eigenvalue weighted by Crippen LogP contribution is 2.53. The molecule has 1 heterocycles. The Hall–Kier alpha value is -1.95. The van der Waals surface area contributed by atoms with Gasteiger partial charge in [0, 0.05) is 30.1 Å². The highest BCUT2D eigenvalue weighted by Gasteiger charge is 2.61. The largest absolute Gasteiger partial charge is 0.458 e. The zero-order chi connectivity index (χ0) is 15.2. The van der Waals surface area contributed by atoms with Crippen LogP contribution in [0.25, 0.3) is 0 Å². The number of nitro groups is 1. The number of esters is 1. The Morgan fingerprint density at radius 3 is 2.67 bits per heavy atom. The van der Waals surface area contributed by atoms with Crippen molar-refractivity contribution in [3.63, 3.8) is 0 Å². The molecule has 1 aliphatic carbocycles. The lowest BCUT2D eigenvalue weighted by Gasteiger charge is -2.53. The quantitative estimate of drug-likeness (QED) is 0.486. The van der Waals surface area contributed by atoms with Gasteiger partial charge < -0.3 is 9.47 Å². The Bertz CT molecular complexity index is 580. The predicted octanol–water partition coefficient (Wildman–Crippen LogP) is 2.57. The number of carbonyl (C=O) groups excluding carboxylic acids is 1. The minimum Gasteiger partial charge on any atom is -0.458 e. The first-order chi connectivity index (χ1) is 9.91. The lowest BCUT2D eigenvalue weighted by atomic mass is 9.59. The third-order valence-corrected chi connectivity index (χ3v) is 4.54. The number of fused-ring (bicyclic) bond motifs is 1. The molecule has 0 radical (unpaired) electrons. The molecule has 112 valence electrons. The standard InChI is InChI=1S/C15H17NO5/c1-15(2)12-11(7-8-20-12)13(15)21-14(17)9-3-5-10(6-4-9)16(18)19/h3-6,11-13H,7-8H2,1-2H3/t11-,12-,13-/m1/s1. The fraction of sp³-hybridized carbons (Fsp3) is 0.533. The summed E-state index contributed by atoms with van der Waals surface area (Å²) in [4.78, 5) is 22.3. The summed E-state index contributed by atoms with van der Waals surface area (Å²) in [5.74, 6) is -0.171. The molecular formula is C15H17NO5. The smallest absolute Gasteiger partial charge is 0.338 e. The molecule has 1 saturated carbocycles. The second-order valence-electron chi connectivity index (χ2n) is 6.20. The number of nitrogens with zero attached hydrogens (tertiary/aromatic N) is 1. The molecule has 1 aromatic rings. The van der Waals surface area contributed by atoms with Gasteiger partial charge in [0.2, 0.25) is 0 Å². The molecule has 0 bridgehead atoms. The monoisotopic (exact) mass is 291 g/mol. The predicted molar refractivity (Wildman–Crippen MR) is 73.9 cm³/mol. The first-order valence-electron chi connectivity index (χ1n) is 6.98. The van der Waals surface area contributed by atoms with Crippen LogP contribution in [0.4, 0.5) is 5.69 Å². The number of rotatable bonds is 3. The van der Waals surface area contributed by atoms with Crippen LogP contribution in [0.5, 0.6) is 0 Å². The molecule has 2 fully saturated rings. The molecule has 1 aliphatic heterocycles. The summed E-state index contributed by atoms with van der Waals surface area (Å²) in [5.41, 5.74) is 0.107. The average molecular weight is 291 g/mol. The second kappa shape index (κ2) is 4.80. The number of benzene rings is 1. The minimum absolute atomic E-state index is 0.0419. The normalized spacial score (nSPS) is 29.3. The Balaban J connectivity index is 1.70. The van der Waals surface area contributed by atoms with Crippen molar-refractivity contribution in [1.29, 1.82) is 0 Å². The van der Waals surface area contributed by atoms with E-state index in [0.717, 1.165) is 6.42 Å². The van der Waals surface area contributed by atoms with Gasteiger partial charge in [-0.05, 0) is 18.6 Å². The highest BCUT2D eigenvalue weighted by atomic mass is 16.6. The molecule has 0 unspecified atom stereocenters. The van der Waals surface area contributed by atoms with E-state index in [-0.39, 0.29) is 29.2 Å². The molecule has 0 N–H and O–H groups in total. The summed E-state index contributed by atoms with van der Waals surface area (Å²) in [5, 5.41) is 10.6. The van der Waals surface area contributed by atoms with Gasteiger partial charge in [-0.3, -0.25) is 10.1 Å². The molecule has 6 nitrogen and oxygen atoms in total. The van der Waals surface area contributed by atoms with Crippen molar-refractivity contribution in [2.75, 3.05) is 6.61 Å². The van der Waals surface area contributed by atoms with Crippen molar-refractivity contribution < 1.29 is 19.2 Å². The van der Waals surface area contributed by atoms with Gasteiger partial charge in [0.1, 0.15) is 6.10 Å². The first-order valence-corrected chi connectivity index (χ1v) is 6.98. The van der Waals surface area contributed by atoms with Gasteiger partial charge in [-0.25, -0.2) is 4.79 Å². The molecule has 2 aliphatic rings. The van der Waals surface area contributed by atoms with E-state index >= 15 is 0 Å². The van der Waals surface area contributed by atoms with Gasteiger partial charge in [0.25, 0.3) is 5.69 Å². The molecule has 1 saturated heterocycles. The van der Waals surface area contributed by atoms with E-state index in [2.05, 4.69) is 0 Å². The van der Waals surface area contributed by atoms with Crippen molar-refractivity contribution in [2.24, 2.45) is 11.3 Å². The maximum Gasteiger partial charge on any atom is 0.338 e. The number of nitro benzene ring substituents is 1. The van der Waals surface area contributed by atoms with Crippen molar-refractivity contribution in [2.45, 2.75) is 32.5 Å². The maximum absolute atomic E-state index is 12.2. The van der Waals surface area contributed by atoms with E-state index in [9.17, 15) is 14.9 Å². The van der Waals surface area contributed by atoms with E-state index in [1.807, 2.05) is 13.8 Å². The maximum atomic E-state index is 12.2. The Morgan fingerprint density at radius 2 is 2.05 bits per heavy atom. The fourth-order valence-electron chi connectivity index (χ4n) is 3.42. The third-order valence-electron chi connectivity index (χ3n) is 4.54. The lowest BCUT2D eigenvalue weighted by Crippen LogP contribution is -2.61. The van der Waals surface area contributed by atoms with Crippen LogP contribution in [0.3, 0.4) is 0 Å². The average Bonchev–Trinajstić information content (AvgIpc) is 2.91. The van der Waals surface area contributed by atoms with Gasteiger partial charge in [-0.1, -0.05) is 13.8 Å². The zero-order valence-electron chi connectivity index (χ0n) is 11.9. The number of hydrogen-bond donors (Lipinski definition) is 0. The summed E-state index contributed by atoms with van der Waals surface area (Å²) < 4.78 is 11.3. The number of ether oxygens (including phenoxy) is 2. The third kappa shape index (κ3) is 2.19. The minimum atomic E-state index is -0.495. The zero-order valence-corrected chi connectivity index (χ0v) is 11.9. The lowest BCUT2D eigenvalue weighted by molar-refractivity contribution is -0.384. The number of hydrogen-bond acceptors (Lipinski definition) is 5. The fourth-order valence-corrected chi connectivity index (χ4v) is 3.42. The molecule has 3 rings (SSSR count). The summed E-state index contributed by atoms with van der Waals surface area (Å²) in [6.07, 6.45) is 0.909. The van der Waals surface area contributed by atoms with Crippen LogP contribution in [-0.2, 0) is 9.47 Å². The van der Waals surface area contributed by atoms with Crippen LogP contribution < -0.4 is 0 Å². The molecule has 21 heavy (non-hydrogen) atoms. The topological polar surface area (TPSA) is 78.7 Å². The highest BCUT2D eigenvalue weighted by molar-refractivity contribution is 5.89. The van der Waals surface area contributed by atoms with Gasteiger partial charge in [0.15, 0.2) is 0 Å². The second-order valence-corrected chi connectivity index (χ2v) is 6.20. The summed E-state index contributed by atoms with van der Waals surface area (Å²) >= 11 is 0. The van der Waals surface area contributed by atoms with E-state index in [4.69, 9.17) is 9.47 Å². The molecule has 0 aromatic heterocycles. The van der Waals surface area contributed by atoms with Crippen molar-refractivity contribution in [3.05, 3.63) is 39.9 Å². The summed E-state index contributed by atoms with van der Waals surface area (Å²) in [6.45, 7) is 4.78. The van der Waals surface area contributed by atoms with Crippen LogP contribution >= 0.6 is 0 Å². The number of non-ortho nitro benzene ring substituents is 1. The van der Waals surface area contributed by atoms with Crippen molar-refractivity contribution >= 4 is 11.7 Å². The van der Waals surface area contributed by atoms with Crippen LogP contribution in [0.15, 0.2) is 24.3 Å². The van der Waals surface area contributed by atoms with Crippen LogP contribution in [0.1, 0.15) is 30.6 Å². The van der Waals surface area contributed by atoms with Crippen LogP contribution in [-0.4, -0.2) is 29.7 Å². The Labute approximate surface area is 122 Å². The van der Waals surface area contributed by atoms with E-state index in [0.29, 0.717) is 12.2 Å². The van der Waals surface area contributed by atoms with Gasteiger partial charge in [0.05, 0.1) is 16.6 Å². The SMILES string of the molecule is CC1(C)[C@@H]2OCC[C@H]2[C@H]1OC(=O)c1ccc([N+](=O)[O-])cc1. The van der Waals surface area contributed by atoms with E-state index in [1.165, 1.54) is 24.3 Å². The Morgan fingerprint density at radius 1 is 1.38 bits per heavy atom. The first kappa shape index (κ1) is 14.0. The summed E-state index contributed by atoms with van der Waals surface area (Å²) in [7, 11) is 0. The van der Waals surface area contributed by atoms with Gasteiger partial charge in [-0.2, -0.15) is 0 Å². The van der Waals surface area contributed by atoms with Crippen molar-refractivity contribution in [3.8, 4) is 0 Å². The molecule has 0 amide bonds. The molecule has 0 spiro atoms. The molecule has 6 heteroatoms. The molecule has 3 atom stereocenters. The Kier molecular flexibility index (Phi) is 3.20. The summed E-state index contributed by atoms with van der Waals surface area (Å²) in [6, 6.07) is 5.47. The molecular weight excluding hydrogens is 274 g/mol. The van der Waals surface area contributed by atoms with E-state index < -0.39 is 10.9 Å². The molecule has 1 aromatic carbocycles. The van der Waals surface area contributed by atoms with Crippen molar-refractivity contribution in [1.82, 2.24) is 0 Å². The van der Waals surface area contributed by atoms with Gasteiger partial charge in [-0.15, -0.1) is 0 Å². The van der Waals surface area contributed by atoms with Gasteiger partial charge >= 0.3 is 5.97 Å². The van der Waals surface area contributed by atoms with Crippen LogP contribution in [0.2, 0.25) is 0 Å². The number of carbonyl (C=O) groups is 1. The van der Waals surface area contributed by atoms with E-state index in [1.54, 1.807) is 0 Å². The van der Waals surface area contributed by atoms with Crippen LogP contribution in [0, 0.1) is 21.4 Å².